The fraction of sp³-hybridized carbons (Fsp3) is 0.680. The van der Waals surface area contributed by atoms with E-state index in [1.54, 1.807) is 0 Å². The lowest BCUT2D eigenvalue weighted by atomic mass is 9.78. The first-order valence-electron chi connectivity index (χ1n) is 11.8. The average molecular weight is 399 g/mol. The topological polar surface area (TPSA) is 49.4 Å². The van der Waals surface area contributed by atoms with Crippen LogP contribution in [0.2, 0.25) is 0 Å². The highest BCUT2D eigenvalue weighted by Gasteiger charge is 2.34. The monoisotopic (exact) mass is 398 g/mol. The minimum Gasteiger partial charge on any atom is -0.351 e. The summed E-state index contributed by atoms with van der Waals surface area (Å²) in [6, 6.07) is 9.85. The summed E-state index contributed by atoms with van der Waals surface area (Å²) < 4.78 is 0. The first-order valence-corrected chi connectivity index (χ1v) is 11.8. The summed E-state index contributed by atoms with van der Waals surface area (Å²) >= 11 is 0. The molecule has 2 aliphatic rings. The Bertz CT molecular complexity index is 637. The Kier molecular flexibility index (Phi) is 8.72. The van der Waals surface area contributed by atoms with Gasteiger partial charge in [-0.2, -0.15) is 0 Å². The highest BCUT2D eigenvalue weighted by atomic mass is 16.2. The molecule has 1 aliphatic heterocycles. The molecule has 0 aromatic heterocycles. The lowest BCUT2D eigenvalue weighted by molar-refractivity contribution is -0.129. The van der Waals surface area contributed by atoms with E-state index in [0.717, 1.165) is 43.7 Å². The Morgan fingerprint density at radius 2 is 1.79 bits per heavy atom. The van der Waals surface area contributed by atoms with Gasteiger partial charge >= 0.3 is 0 Å². The van der Waals surface area contributed by atoms with Gasteiger partial charge in [-0.1, -0.05) is 62.9 Å². The van der Waals surface area contributed by atoms with Gasteiger partial charge in [0.2, 0.25) is 5.91 Å². The zero-order chi connectivity index (χ0) is 20.5. The molecule has 1 N–H and O–H groups in total. The van der Waals surface area contributed by atoms with Crippen LogP contribution in [0.3, 0.4) is 0 Å². The molecule has 1 atom stereocenters. The number of benzene rings is 1. The molecule has 0 bridgehead atoms. The maximum absolute atomic E-state index is 12.9. The molecule has 1 saturated heterocycles. The molecule has 3 rings (SSSR count). The van der Waals surface area contributed by atoms with Gasteiger partial charge in [-0.15, -0.1) is 0 Å². The van der Waals surface area contributed by atoms with E-state index in [0.29, 0.717) is 18.9 Å². The molecule has 1 aromatic rings. The van der Waals surface area contributed by atoms with Gasteiger partial charge in [-0.05, 0) is 56.6 Å². The van der Waals surface area contributed by atoms with Crippen LogP contribution in [0.25, 0.3) is 0 Å². The van der Waals surface area contributed by atoms with Gasteiger partial charge in [0.1, 0.15) is 5.78 Å². The van der Waals surface area contributed by atoms with Crippen LogP contribution in [0.15, 0.2) is 30.3 Å². The summed E-state index contributed by atoms with van der Waals surface area (Å²) in [7, 11) is 0. The molecule has 2 fully saturated rings. The number of ketones is 1. The van der Waals surface area contributed by atoms with Crippen molar-refractivity contribution in [3.8, 4) is 0 Å². The van der Waals surface area contributed by atoms with Crippen LogP contribution < -0.4 is 5.32 Å². The smallest absolute Gasteiger partial charge is 0.237 e. The van der Waals surface area contributed by atoms with Crippen molar-refractivity contribution < 1.29 is 9.59 Å². The van der Waals surface area contributed by atoms with Crippen LogP contribution in [0, 0.1) is 11.8 Å². The lowest BCUT2D eigenvalue weighted by Crippen LogP contribution is -2.45. The summed E-state index contributed by atoms with van der Waals surface area (Å²) in [5, 5.41) is 3.06. The maximum Gasteiger partial charge on any atom is 0.237 e. The van der Waals surface area contributed by atoms with E-state index in [-0.39, 0.29) is 17.9 Å². The van der Waals surface area contributed by atoms with Crippen molar-refractivity contribution in [1.82, 2.24) is 10.2 Å². The number of Topliss-reactive ketones (excluding diaryl/α,β-unsaturated/α-hetero) is 1. The van der Waals surface area contributed by atoms with Gasteiger partial charge < -0.3 is 5.32 Å². The van der Waals surface area contributed by atoms with Gasteiger partial charge in [0.15, 0.2) is 0 Å². The second-order valence-corrected chi connectivity index (χ2v) is 9.01. The molecule has 1 amide bonds. The number of nitrogens with one attached hydrogen (secondary N) is 1. The first kappa shape index (κ1) is 22.0. The number of hydrogen-bond donors (Lipinski definition) is 1. The minimum atomic E-state index is -0.145. The molecule has 160 valence electrons. The number of carbonyl (C=O) groups excluding carboxylic acids is 2. The van der Waals surface area contributed by atoms with Crippen LogP contribution in [0.5, 0.6) is 0 Å². The van der Waals surface area contributed by atoms with Gasteiger partial charge in [-0.25, -0.2) is 0 Å². The van der Waals surface area contributed by atoms with Gasteiger partial charge in [-0.3, -0.25) is 14.5 Å². The molecule has 0 unspecified atom stereocenters. The molecule has 1 saturated carbocycles. The fourth-order valence-electron chi connectivity index (χ4n) is 5.00. The first-order chi connectivity index (χ1) is 14.2. The summed E-state index contributed by atoms with van der Waals surface area (Å²) in [6.07, 6.45) is 11.7. The maximum atomic E-state index is 12.9. The van der Waals surface area contributed by atoms with Crippen molar-refractivity contribution in [1.29, 1.82) is 0 Å². The Morgan fingerprint density at radius 1 is 1.03 bits per heavy atom. The van der Waals surface area contributed by atoms with Crippen molar-refractivity contribution in [2.45, 2.75) is 83.7 Å². The molecule has 1 aliphatic carbocycles. The molecule has 1 heterocycles. The van der Waals surface area contributed by atoms with Crippen LogP contribution in [-0.2, 0) is 16.1 Å². The average Bonchev–Trinajstić information content (AvgIpc) is 3.21. The number of hydrogen-bond acceptors (Lipinski definition) is 3. The summed E-state index contributed by atoms with van der Waals surface area (Å²) in [4.78, 5) is 27.7. The summed E-state index contributed by atoms with van der Waals surface area (Å²) in [6.45, 7) is 4.12. The zero-order valence-electron chi connectivity index (χ0n) is 18.1. The fourth-order valence-corrected chi connectivity index (χ4v) is 5.00. The van der Waals surface area contributed by atoms with Crippen LogP contribution in [0.1, 0.15) is 76.7 Å². The molecule has 0 radical (unpaired) electrons. The third-order valence-electron chi connectivity index (χ3n) is 6.85. The van der Waals surface area contributed by atoms with E-state index in [2.05, 4.69) is 17.1 Å². The van der Waals surface area contributed by atoms with Crippen molar-refractivity contribution in [2.24, 2.45) is 11.8 Å². The number of rotatable bonds is 10. The predicted octanol–water partition coefficient (Wildman–Crippen LogP) is 4.72. The molecule has 1 aromatic carbocycles. The van der Waals surface area contributed by atoms with E-state index >= 15 is 0 Å². The largest absolute Gasteiger partial charge is 0.351 e. The van der Waals surface area contributed by atoms with E-state index in [1.807, 2.05) is 30.3 Å². The van der Waals surface area contributed by atoms with Crippen molar-refractivity contribution in [3.05, 3.63) is 35.9 Å². The molecule has 0 spiro atoms. The molecule has 29 heavy (non-hydrogen) atoms. The molecule has 4 nitrogen and oxygen atoms in total. The summed E-state index contributed by atoms with van der Waals surface area (Å²) in [5.41, 5.74) is 1.11. The van der Waals surface area contributed by atoms with E-state index in [9.17, 15) is 9.59 Å². The SMILES string of the molecule is CCCCCC1CCC(C(=O)CN2CCC[C@H]2C(=O)NCc2ccccc2)CC1. The van der Waals surface area contributed by atoms with E-state index in [1.165, 1.54) is 38.5 Å². The van der Waals surface area contributed by atoms with Crippen LogP contribution in [-0.4, -0.2) is 35.7 Å². The van der Waals surface area contributed by atoms with Crippen molar-refractivity contribution in [2.75, 3.05) is 13.1 Å². The Morgan fingerprint density at radius 3 is 2.52 bits per heavy atom. The number of nitrogens with zero attached hydrogens (tertiary/aromatic N) is 1. The quantitative estimate of drug-likeness (QED) is 0.580. The lowest BCUT2D eigenvalue weighted by Gasteiger charge is -2.30. The Hall–Kier alpha value is -1.68. The van der Waals surface area contributed by atoms with Crippen LogP contribution in [0.4, 0.5) is 0 Å². The van der Waals surface area contributed by atoms with Crippen LogP contribution >= 0.6 is 0 Å². The van der Waals surface area contributed by atoms with E-state index in [4.69, 9.17) is 0 Å². The third kappa shape index (κ3) is 6.67. The standard InChI is InChI=1S/C25H38N2O2/c1-2-3-5-9-20-13-15-22(16-14-20)24(28)19-27-17-8-12-23(27)25(29)26-18-21-10-6-4-7-11-21/h4,6-7,10-11,20,22-23H,2-3,5,8-9,12-19H2,1H3,(H,26,29)/t20?,22?,23-/m0/s1. The van der Waals surface area contributed by atoms with Gasteiger partial charge in [0, 0.05) is 12.5 Å². The van der Waals surface area contributed by atoms with Crippen molar-refractivity contribution >= 4 is 11.7 Å². The number of carbonyl (C=O) groups is 2. The second-order valence-electron chi connectivity index (χ2n) is 9.01. The number of unbranched alkanes of at least 4 members (excludes halogenated alkanes) is 2. The highest BCUT2D eigenvalue weighted by Crippen LogP contribution is 2.33. The predicted molar refractivity (Wildman–Crippen MR) is 117 cm³/mol. The number of likely N-dealkylation sites (tertiary alicyclic amines) is 1. The second kappa shape index (κ2) is 11.5. The normalized spacial score (nSPS) is 25.1. The minimum absolute atomic E-state index is 0.0683. The van der Waals surface area contributed by atoms with Gasteiger partial charge in [0.25, 0.3) is 0 Å². The summed E-state index contributed by atoms with van der Waals surface area (Å²) in [5.74, 6) is 1.47. The number of amides is 1. The third-order valence-corrected chi connectivity index (χ3v) is 6.85. The Labute approximate surface area is 176 Å². The molecule has 4 heteroatoms. The zero-order valence-corrected chi connectivity index (χ0v) is 18.1. The Balaban J connectivity index is 1.42. The molecular formula is C25H38N2O2. The highest BCUT2D eigenvalue weighted by molar-refractivity contribution is 5.86. The van der Waals surface area contributed by atoms with Crippen molar-refractivity contribution in [3.63, 3.8) is 0 Å². The van der Waals surface area contributed by atoms with Gasteiger partial charge in [0.05, 0.1) is 12.6 Å². The van der Waals surface area contributed by atoms with E-state index < -0.39 is 0 Å². The molecular weight excluding hydrogens is 360 g/mol.